The zero-order valence-corrected chi connectivity index (χ0v) is 12.5. The highest BCUT2D eigenvalue weighted by atomic mass is 16.5. The van der Waals surface area contributed by atoms with E-state index < -0.39 is 5.97 Å². The third kappa shape index (κ3) is 6.46. The molecule has 0 aromatic carbocycles. The Kier molecular flexibility index (Phi) is 7.56. The molecule has 1 heterocycles. The van der Waals surface area contributed by atoms with Crippen LogP contribution in [0.4, 0.5) is 4.79 Å². The normalized spacial score (nSPS) is 17.6. The van der Waals surface area contributed by atoms with Crippen LogP contribution >= 0.6 is 0 Å². The molecule has 0 saturated carbocycles. The van der Waals surface area contributed by atoms with Gasteiger partial charge in [-0.2, -0.15) is 0 Å². The van der Waals surface area contributed by atoms with Gasteiger partial charge in [0.2, 0.25) is 0 Å². The first-order valence-corrected chi connectivity index (χ1v) is 7.37. The summed E-state index contributed by atoms with van der Waals surface area (Å²) >= 11 is 0. The Morgan fingerprint density at radius 1 is 1.24 bits per heavy atom. The molecule has 0 aromatic heterocycles. The number of carboxylic acid groups (broad SMARTS) is 1. The first kappa shape index (κ1) is 17.3. The van der Waals surface area contributed by atoms with Gasteiger partial charge in [0, 0.05) is 26.1 Å². The number of hydrogen-bond acceptors (Lipinski definition) is 4. The van der Waals surface area contributed by atoms with Crippen molar-refractivity contribution in [3.63, 3.8) is 0 Å². The first-order chi connectivity index (χ1) is 10.0. The third-order valence-corrected chi connectivity index (χ3v) is 3.60. The summed E-state index contributed by atoms with van der Waals surface area (Å²) in [7, 11) is 1.36. The van der Waals surface area contributed by atoms with Crippen molar-refractivity contribution in [1.82, 2.24) is 10.2 Å². The van der Waals surface area contributed by atoms with Crippen LogP contribution in [0.15, 0.2) is 0 Å². The Bertz CT molecular complexity index is 372. The number of aliphatic carboxylic acids is 1. The average Bonchev–Trinajstić information content (AvgIpc) is 2.94. The zero-order valence-electron chi connectivity index (χ0n) is 12.5. The fraction of sp³-hybridized carbons (Fsp3) is 0.786. The van der Waals surface area contributed by atoms with Crippen LogP contribution in [0.2, 0.25) is 0 Å². The van der Waals surface area contributed by atoms with Crippen LogP contribution in [0.5, 0.6) is 0 Å². The highest BCUT2D eigenvalue weighted by Crippen LogP contribution is 2.17. The molecule has 1 atom stereocenters. The average molecular weight is 300 g/mol. The number of rotatable bonds is 8. The van der Waals surface area contributed by atoms with Gasteiger partial charge in [-0.1, -0.05) is 12.8 Å². The molecule has 7 heteroatoms. The van der Waals surface area contributed by atoms with Gasteiger partial charge in [0.05, 0.1) is 13.0 Å². The van der Waals surface area contributed by atoms with Crippen LogP contribution in [0.25, 0.3) is 0 Å². The molecule has 7 nitrogen and oxygen atoms in total. The van der Waals surface area contributed by atoms with E-state index in [-0.39, 0.29) is 24.3 Å². The van der Waals surface area contributed by atoms with E-state index in [1.54, 1.807) is 4.90 Å². The maximum Gasteiger partial charge on any atom is 0.317 e. The van der Waals surface area contributed by atoms with Crippen LogP contribution in [-0.2, 0) is 14.3 Å². The maximum atomic E-state index is 11.9. The highest BCUT2D eigenvalue weighted by molar-refractivity contribution is 5.78. The number of carbonyl (C=O) groups is 3. The quantitative estimate of drug-likeness (QED) is 0.519. The van der Waals surface area contributed by atoms with Crippen LogP contribution in [-0.4, -0.2) is 54.7 Å². The molecule has 1 aliphatic rings. The predicted molar refractivity (Wildman–Crippen MR) is 75.8 cm³/mol. The number of hydrogen-bond donors (Lipinski definition) is 2. The van der Waals surface area contributed by atoms with E-state index in [2.05, 4.69) is 10.1 Å². The largest absolute Gasteiger partial charge is 0.481 e. The summed E-state index contributed by atoms with van der Waals surface area (Å²) < 4.78 is 4.68. The summed E-state index contributed by atoms with van der Waals surface area (Å²) in [5, 5.41) is 11.3. The van der Waals surface area contributed by atoms with Crippen LogP contribution in [0.1, 0.15) is 38.5 Å². The number of nitrogens with one attached hydrogen (secondary N) is 1. The number of ether oxygens (including phenoxy) is 1. The van der Waals surface area contributed by atoms with Crippen LogP contribution < -0.4 is 5.32 Å². The standard InChI is InChI=1S/C14H24N2O5/c1-21-13(19)11-7-9-16(10-11)14(20)15-8-5-3-2-4-6-12(17)18/h11H,2-10H2,1H3,(H,15,20)(H,17,18). The van der Waals surface area contributed by atoms with E-state index in [1.165, 1.54) is 7.11 Å². The molecule has 2 amide bonds. The second-order valence-electron chi connectivity index (χ2n) is 5.24. The van der Waals surface area contributed by atoms with Crippen molar-refractivity contribution >= 4 is 18.0 Å². The van der Waals surface area contributed by atoms with E-state index in [0.717, 1.165) is 19.3 Å². The minimum Gasteiger partial charge on any atom is -0.481 e. The van der Waals surface area contributed by atoms with E-state index in [4.69, 9.17) is 5.11 Å². The lowest BCUT2D eigenvalue weighted by molar-refractivity contribution is -0.144. The fourth-order valence-electron chi connectivity index (χ4n) is 2.37. The number of esters is 1. The molecule has 1 fully saturated rings. The molecule has 0 bridgehead atoms. The lowest BCUT2D eigenvalue weighted by Crippen LogP contribution is -2.39. The molecule has 0 radical (unpaired) electrons. The molecule has 0 aliphatic carbocycles. The second-order valence-corrected chi connectivity index (χ2v) is 5.24. The second kappa shape index (κ2) is 9.20. The molecule has 0 aromatic rings. The van der Waals surface area contributed by atoms with Crippen molar-refractivity contribution < 1.29 is 24.2 Å². The summed E-state index contributed by atoms with van der Waals surface area (Å²) in [6.45, 7) is 1.56. The number of unbranched alkanes of at least 4 members (excludes halogenated alkanes) is 3. The Hall–Kier alpha value is -1.79. The molecule has 1 rings (SSSR count). The highest BCUT2D eigenvalue weighted by Gasteiger charge is 2.31. The predicted octanol–water partition coefficient (Wildman–Crippen LogP) is 1.23. The van der Waals surface area contributed by atoms with Gasteiger partial charge in [-0.25, -0.2) is 4.79 Å². The van der Waals surface area contributed by atoms with Gasteiger partial charge in [-0.3, -0.25) is 9.59 Å². The number of urea groups is 1. The molecule has 120 valence electrons. The summed E-state index contributed by atoms with van der Waals surface area (Å²) in [4.78, 5) is 35.2. The summed E-state index contributed by atoms with van der Waals surface area (Å²) in [6, 6.07) is -0.146. The minimum absolute atomic E-state index is 0.146. The number of methoxy groups -OCH3 is 1. The third-order valence-electron chi connectivity index (χ3n) is 3.60. The van der Waals surface area contributed by atoms with Gasteiger partial charge < -0.3 is 20.1 Å². The minimum atomic E-state index is -0.766. The molecule has 1 aliphatic heterocycles. The van der Waals surface area contributed by atoms with Crippen molar-refractivity contribution in [1.29, 1.82) is 0 Å². The fourth-order valence-corrected chi connectivity index (χ4v) is 2.37. The number of nitrogens with zero attached hydrogens (tertiary/aromatic N) is 1. The zero-order chi connectivity index (χ0) is 15.7. The summed E-state index contributed by atoms with van der Waals surface area (Å²) in [5.41, 5.74) is 0. The SMILES string of the molecule is COC(=O)C1CCN(C(=O)NCCCCCCC(=O)O)C1. The van der Waals surface area contributed by atoms with E-state index in [1.807, 2.05) is 0 Å². The number of carbonyl (C=O) groups excluding carboxylic acids is 2. The van der Waals surface area contributed by atoms with Crippen molar-refractivity contribution in [3.8, 4) is 0 Å². The Balaban J connectivity index is 2.07. The smallest absolute Gasteiger partial charge is 0.317 e. The molecule has 0 spiro atoms. The van der Waals surface area contributed by atoms with Crippen molar-refractivity contribution in [2.75, 3.05) is 26.7 Å². The monoisotopic (exact) mass is 300 g/mol. The summed E-state index contributed by atoms with van der Waals surface area (Å²) in [6.07, 6.45) is 4.12. The molecular weight excluding hydrogens is 276 g/mol. The number of carboxylic acids is 1. The van der Waals surface area contributed by atoms with Crippen molar-refractivity contribution in [3.05, 3.63) is 0 Å². The number of amides is 2. The van der Waals surface area contributed by atoms with Crippen LogP contribution in [0.3, 0.4) is 0 Å². The van der Waals surface area contributed by atoms with E-state index in [9.17, 15) is 14.4 Å². The van der Waals surface area contributed by atoms with Gasteiger partial charge in [0.15, 0.2) is 0 Å². The first-order valence-electron chi connectivity index (χ1n) is 7.37. The van der Waals surface area contributed by atoms with Crippen molar-refractivity contribution in [2.45, 2.75) is 38.5 Å². The summed E-state index contributed by atoms with van der Waals surface area (Å²) in [5.74, 6) is -1.24. The Morgan fingerprint density at radius 3 is 2.62 bits per heavy atom. The van der Waals surface area contributed by atoms with Crippen molar-refractivity contribution in [2.24, 2.45) is 5.92 Å². The lowest BCUT2D eigenvalue weighted by atomic mass is 10.1. The Morgan fingerprint density at radius 2 is 1.95 bits per heavy atom. The molecule has 1 saturated heterocycles. The van der Waals surface area contributed by atoms with Crippen LogP contribution in [0, 0.1) is 5.92 Å². The number of likely N-dealkylation sites (tertiary alicyclic amines) is 1. The van der Waals surface area contributed by atoms with E-state index in [0.29, 0.717) is 32.5 Å². The molecule has 1 unspecified atom stereocenters. The lowest BCUT2D eigenvalue weighted by Gasteiger charge is -2.16. The van der Waals surface area contributed by atoms with Gasteiger partial charge in [-0.15, -0.1) is 0 Å². The molecule has 21 heavy (non-hydrogen) atoms. The van der Waals surface area contributed by atoms with Gasteiger partial charge in [-0.05, 0) is 19.3 Å². The molecular formula is C14H24N2O5. The molecule has 2 N–H and O–H groups in total. The van der Waals surface area contributed by atoms with Gasteiger partial charge in [0.1, 0.15) is 0 Å². The maximum absolute atomic E-state index is 11.9. The van der Waals surface area contributed by atoms with Gasteiger partial charge >= 0.3 is 18.0 Å². The topological polar surface area (TPSA) is 95.9 Å². The van der Waals surface area contributed by atoms with E-state index >= 15 is 0 Å². The Labute approximate surface area is 124 Å². The van der Waals surface area contributed by atoms with Gasteiger partial charge in [0.25, 0.3) is 0 Å².